The van der Waals surface area contributed by atoms with Gasteiger partial charge in [0.1, 0.15) is 5.76 Å². The topological polar surface area (TPSA) is 85.7 Å². The number of isothiocyanates is 1. The zero-order valence-corrected chi connectivity index (χ0v) is 10.2. The van der Waals surface area contributed by atoms with Crippen LogP contribution in [0.5, 0.6) is 0 Å². The molecule has 6 nitrogen and oxygen atoms in total. The summed E-state index contributed by atoms with van der Waals surface area (Å²) in [5, 5.41) is 12.6. The highest BCUT2D eigenvalue weighted by molar-refractivity contribution is 7.78. The summed E-state index contributed by atoms with van der Waals surface area (Å²) in [5.74, 6) is -0.308. The van der Waals surface area contributed by atoms with Crippen LogP contribution in [0.1, 0.15) is 10.6 Å². The van der Waals surface area contributed by atoms with E-state index in [1.807, 2.05) is 5.16 Å². The molecule has 1 aromatic carbocycles. The monoisotopic (exact) mass is 274 g/mol. The number of nitro groups is 1. The van der Waals surface area contributed by atoms with Crippen LogP contribution in [0, 0.1) is 10.1 Å². The first-order valence-electron chi connectivity index (χ1n) is 5.08. The van der Waals surface area contributed by atoms with Crippen molar-refractivity contribution in [2.24, 2.45) is 4.99 Å². The molecular formula is C12H6N2O4S. The Labute approximate surface area is 112 Å². The number of carbonyl (C=O) groups is 1. The molecule has 1 heterocycles. The van der Waals surface area contributed by atoms with E-state index in [4.69, 9.17) is 4.42 Å². The van der Waals surface area contributed by atoms with E-state index in [1.165, 1.54) is 30.3 Å². The van der Waals surface area contributed by atoms with E-state index in [0.29, 0.717) is 11.3 Å². The van der Waals surface area contributed by atoms with Crippen LogP contribution < -0.4 is 0 Å². The number of non-ortho nitro benzene ring substituents is 1. The Morgan fingerprint density at radius 2 is 2.16 bits per heavy atom. The second-order valence-corrected chi connectivity index (χ2v) is 3.66. The van der Waals surface area contributed by atoms with Gasteiger partial charge in [0, 0.05) is 17.7 Å². The minimum atomic E-state index is -0.647. The Bertz CT molecular complexity index is 701. The van der Waals surface area contributed by atoms with E-state index in [9.17, 15) is 14.9 Å². The van der Waals surface area contributed by atoms with Crippen LogP contribution in [-0.4, -0.2) is 16.0 Å². The van der Waals surface area contributed by atoms with Crippen LogP contribution in [0.2, 0.25) is 0 Å². The zero-order valence-electron chi connectivity index (χ0n) is 9.40. The molecule has 19 heavy (non-hydrogen) atoms. The maximum absolute atomic E-state index is 11.4. The van der Waals surface area contributed by atoms with E-state index < -0.39 is 10.8 Å². The SMILES string of the molecule is O=C(N=C=S)c1ccc(-c2cccc([N+](=O)[O-])c2)o1. The average molecular weight is 274 g/mol. The van der Waals surface area contributed by atoms with Gasteiger partial charge in [-0.2, -0.15) is 0 Å². The van der Waals surface area contributed by atoms with Crippen molar-refractivity contribution in [3.8, 4) is 11.3 Å². The number of nitro benzene ring substituents is 1. The number of hydrogen-bond donors (Lipinski definition) is 0. The molecule has 1 amide bonds. The van der Waals surface area contributed by atoms with Crippen molar-refractivity contribution in [1.29, 1.82) is 0 Å². The van der Waals surface area contributed by atoms with Gasteiger partial charge in [-0.15, -0.1) is 4.99 Å². The normalized spacial score (nSPS) is 9.68. The predicted molar refractivity (Wildman–Crippen MR) is 70.2 cm³/mol. The third kappa shape index (κ3) is 2.79. The van der Waals surface area contributed by atoms with Crippen molar-refractivity contribution in [3.63, 3.8) is 0 Å². The first-order chi connectivity index (χ1) is 9.11. The lowest BCUT2D eigenvalue weighted by Crippen LogP contribution is -1.90. The number of amides is 1. The van der Waals surface area contributed by atoms with Crippen LogP contribution in [0.4, 0.5) is 5.69 Å². The highest BCUT2D eigenvalue weighted by atomic mass is 32.1. The zero-order chi connectivity index (χ0) is 13.8. The summed E-state index contributed by atoms with van der Waals surface area (Å²) in [5.41, 5.74) is 0.443. The first kappa shape index (κ1) is 12.8. The molecule has 0 saturated heterocycles. The summed E-state index contributed by atoms with van der Waals surface area (Å²) in [4.78, 5) is 24.8. The van der Waals surface area contributed by atoms with E-state index in [0.717, 1.165) is 0 Å². The van der Waals surface area contributed by atoms with Crippen molar-refractivity contribution in [1.82, 2.24) is 0 Å². The molecule has 0 spiro atoms. The van der Waals surface area contributed by atoms with Gasteiger partial charge in [-0.25, -0.2) is 0 Å². The van der Waals surface area contributed by atoms with Crippen molar-refractivity contribution in [2.45, 2.75) is 0 Å². The largest absolute Gasteiger partial charge is 0.451 e. The van der Waals surface area contributed by atoms with Gasteiger partial charge in [-0.3, -0.25) is 14.9 Å². The number of furan rings is 1. The van der Waals surface area contributed by atoms with Gasteiger partial charge in [0.25, 0.3) is 5.69 Å². The lowest BCUT2D eigenvalue weighted by molar-refractivity contribution is -0.384. The lowest BCUT2D eigenvalue weighted by Gasteiger charge is -1.96. The van der Waals surface area contributed by atoms with Crippen LogP contribution in [-0.2, 0) is 0 Å². The molecule has 0 aliphatic rings. The molecule has 0 fully saturated rings. The summed E-state index contributed by atoms with van der Waals surface area (Å²) in [6.07, 6.45) is 0. The fourth-order valence-corrected chi connectivity index (χ4v) is 1.56. The summed E-state index contributed by atoms with van der Waals surface area (Å²) < 4.78 is 5.27. The van der Waals surface area contributed by atoms with E-state index >= 15 is 0 Å². The van der Waals surface area contributed by atoms with Crippen molar-refractivity contribution in [3.05, 3.63) is 52.3 Å². The van der Waals surface area contributed by atoms with Crippen LogP contribution in [0.25, 0.3) is 11.3 Å². The summed E-state index contributed by atoms with van der Waals surface area (Å²) in [6, 6.07) is 8.86. The molecule has 0 N–H and O–H groups in total. The van der Waals surface area contributed by atoms with Gasteiger partial charge in [0.05, 0.1) is 10.1 Å². The third-order valence-electron chi connectivity index (χ3n) is 2.31. The Balaban J connectivity index is 2.38. The van der Waals surface area contributed by atoms with Crippen LogP contribution >= 0.6 is 12.2 Å². The molecule has 0 radical (unpaired) electrons. The third-order valence-corrected chi connectivity index (χ3v) is 2.40. The first-order valence-corrected chi connectivity index (χ1v) is 5.49. The van der Waals surface area contributed by atoms with Crippen LogP contribution in [0.15, 0.2) is 45.8 Å². The highest BCUT2D eigenvalue weighted by Gasteiger charge is 2.13. The Hall–Kier alpha value is -2.63. The van der Waals surface area contributed by atoms with Gasteiger partial charge in [-0.1, -0.05) is 12.1 Å². The molecule has 7 heteroatoms. The molecule has 0 atom stereocenters. The number of carbonyl (C=O) groups excluding carboxylic acids is 1. The smallest absolute Gasteiger partial charge is 0.321 e. The summed E-state index contributed by atoms with van der Waals surface area (Å²) in [6.45, 7) is 0. The van der Waals surface area contributed by atoms with Crippen molar-refractivity contribution < 1.29 is 14.1 Å². The number of benzene rings is 1. The predicted octanol–water partition coefficient (Wildman–Crippen LogP) is 3.10. The Morgan fingerprint density at radius 3 is 2.84 bits per heavy atom. The number of rotatable bonds is 3. The molecule has 1 aromatic heterocycles. The number of hydrogen-bond acceptors (Lipinski definition) is 5. The number of thiocarbonyl (C=S) groups is 1. The van der Waals surface area contributed by atoms with Gasteiger partial charge in [0.2, 0.25) is 0 Å². The molecule has 2 rings (SSSR count). The molecule has 0 aliphatic heterocycles. The molecule has 0 saturated carbocycles. The molecular weight excluding hydrogens is 268 g/mol. The maximum atomic E-state index is 11.4. The van der Waals surface area contributed by atoms with Gasteiger partial charge >= 0.3 is 5.91 Å². The minimum absolute atomic E-state index is 0.00106. The molecule has 0 bridgehead atoms. The van der Waals surface area contributed by atoms with Crippen molar-refractivity contribution >= 4 is 29.0 Å². The quantitative estimate of drug-likeness (QED) is 0.371. The fourth-order valence-electron chi connectivity index (χ4n) is 1.48. The molecule has 0 unspecified atom stereocenters. The van der Waals surface area contributed by atoms with Gasteiger partial charge in [0.15, 0.2) is 5.76 Å². The molecule has 2 aromatic rings. The van der Waals surface area contributed by atoms with Gasteiger partial charge in [-0.05, 0) is 24.4 Å². The standard InChI is InChI=1S/C12H6N2O4S/c15-12(13-7-19)11-5-4-10(18-11)8-2-1-3-9(6-8)14(16)17/h1-6H. The second kappa shape index (κ2) is 5.34. The van der Waals surface area contributed by atoms with E-state index in [1.54, 1.807) is 6.07 Å². The fraction of sp³-hybridized carbons (Fsp3) is 0. The Morgan fingerprint density at radius 1 is 1.37 bits per heavy atom. The maximum Gasteiger partial charge on any atom is 0.321 e. The van der Waals surface area contributed by atoms with E-state index in [2.05, 4.69) is 17.2 Å². The number of nitrogens with zero attached hydrogens (tertiary/aromatic N) is 2. The summed E-state index contributed by atoms with van der Waals surface area (Å²) in [7, 11) is 0. The van der Waals surface area contributed by atoms with Crippen molar-refractivity contribution in [2.75, 3.05) is 0 Å². The molecule has 0 aliphatic carbocycles. The van der Waals surface area contributed by atoms with Crippen LogP contribution in [0.3, 0.4) is 0 Å². The average Bonchev–Trinajstić information content (AvgIpc) is 2.89. The lowest BCUT2D eigenvalue weighted by atomic mass is 10.1. The second-order valence-electron chi connectivity index (χ2n) is 3.48. The number of aliphatic imine (C=N–C) groups is 1. The van der Waals surface area contributed by atoms with E-state index in [-0.39, 0.29) is 11.4 Å². The Kier molecular flexibility index (Phi) is 3.61. The highest BCUT2D eigenvalue weighted by Crippen LogP contribution is 2.25. The summed E-state index contributed by atoms with van der Waals surface area (Å²) >= 11 is 4.32. The minimum Gasteiger partial charge on any atom is -0.451 e. The molecule has 94 valence electrons. The van der Waals surface area contributed by atoms with Gasteiger partial charge < -0.3 is 4.42 Å².